The molecule has 0 saturated heterocycles. The van der Waals surface area contributed by atoms with Gasteiger partial charge in [-0.25, -0.2) is 0 Å². The van der Waals surface area contributed by atoms with Gasteiger partial charge in [-0.3, -0.25) is 4.79 Å². The topological polar surface area (TPSA) is 55.8 Å². The van der Waals surface area contributed by atoms with Crippen molar-refractivity contribution < 1.29 is 19.4 Å². The van der Waals surface area contributed by atoms with E-state index in [1.54, 1.807) is 25.6 Å². The van der Waals surface area contributed by atoms with Crippen LogP contribution in [0.25, 0.3) is 10.4 Å². The first-order valence-corrected chi connectivity index (χ1v) is 7.46. The van der Waals surface area contributed by atoms with E-state index in [4.69, 9.17) is 14.6 Å². The number of hydrogen-bond donors (Lipinski definition) is 1. The van der Waals surface area contributed by atoms with E-state index >= 15 is 0 Å². The van der Waals surface area contributed by atoms with Crippen molar-refractivity contribution in [2.45, 2.75) is 19.3 Å². The molecule has 2 aromatic rings. The molecular formula is C16H18O4S. The average molecular weight is 306 g/mol. The molecule has 5 heteroatoms. The minimum absolute atomic E-state index is 0.0827. The smallest absolute Gasteiger partial charge is 0.303 e. The van der Waals surface area contributed by atoms with Gasteiger partial charge in [0.15, 0.2) is 11.5 Å². The predicted octanol–water partition coefficient (Wildman–Crippen LogP) is 4.01. The lowest BCUT2D eigenvalue weighted by Crippen LogP contribution is -2.04. The van der Waals surface area contributed by atoms with Gasteiger partial charge in [-0.2, -0.15) is 0 Å². The molecule has 0 saturated carbocycles. The molecule has 1 aromatic heterocycles. The van der Waals surface area contributed by atoms with Crippen LogP contribution < -0.4 is 9.47 Å². The summed E-state index contributed by atoms with van der Waals surface area (Å²) in [7, 11) is 3.19. The fourth-order valence-electron chi connectivity index (χ4n) is 2.26. The third kappa shape index (κ3) is 3.36. The first kappa shape index (κ1) is 15.4. The Balaban J connectivity index is 2.54. The van der Waals surface area contributed by atoms with Crippen LogP contribution in [0.1, 0.15) is 24.8 Å². The van der Waals surface area contributed by atoms with Crippen molar-refractivity contribution in [2.24, 2.45) is 0 Å². The number of methoxy groups -OCH3 is 2. The molecule has 21 heavy (non-hydrogen) atoms. The molecule has 0 radical (unpaired) electrons. The van der Waals surface area contributed by atoms with Crippen molar-refractivity contribution in [3.63, 3.8) is 0 Å². The molecule has 1 heterocycles. The fourth-order valence-corrected chi connectivity index (χ4v) is 3.00. The highest BCUT2D eigenvalue weighted by molar-refractivity contribution is 7.13. The van der Waals surface area contributed by atoms with E-state index < -0.39 is 5.97 Å². The van der Waals surface area contributed by atoms with Crippen LogP contribution in [-0.2, 0) is 4.79 Å². The molecule has 1 atom stereocenters. The first-order valence-electron chi connectivity index (χ1n) is 6.58. The minimum atomic E-state index is -0.810. The highest BCUT2D eigenvalue weighted by Gasteiger charge is 2.18. The highest BCUT2D eigenvalue weighted by atomic mass is 32.1. The predicted molar refractivity (Wildman–Crippen MR) is 83.5 cm³/mol. The maximum absolute atomic E-state index is 10.9. The molecule has 1 N–H and O–H groups in total. The van der Waals surface area contributed by atoms with Crippen LogP contribution >= 0.6 is 11.3 Å². The summed E-state index contributed by atoms with van der Waals surface area (Å²) in [5, 5.41) is 11.0. The first-order chi connectivity index (χ1) is 10.1. The van der Waals surface area contributed by atoms with Gasteiger partial charge in [-0.1, -0.05) is 13.0 Å². The van der Waals surface area contributed by atoms with Gasteiger partial charge in [0.25, 0.3) is 0 Å². The number of carboxylic acid groups (broad SMARTS) is 1. The minimum Gasteiger partial charge on any atom is -0.493 e. The van der Waals surface area contributed by atoms with E-state index in [9.17, 15) is 4.79 Å². The van der Waals surface area contributed by atoms with Gasteiger partial charge in [0, 0.05) is 10.4 Å². The highest BCUT2D eigenvalue weighted by Crippen LogP contribution is 2.42. The van der Waals surface area contributed by atoms with Crippen LogP contribution in [-0.4, -0.2) is 25.3 Å². The lowest BCUT2D eigenvalue weighted by Gasteiger charge is -2.17. The lowest BCUT2D eigenvalue weighted by atomic mass is 9.95. The van der Waals surface area contributed by atoms with Gasteiger partial charge in [-0.15, -0.1) is 11.3 Å². The quantitative estimate of drug-likeness (QED) is 0.876. The van der Waals surface area contributed by atoms with Crippen molar-refractivity contribution in [2.75, 3.05) is 14.2 Å². The summed E-state index contributed by atoms with van der Waals surface area (Å²) < 4.78 is 10.9. The van der Waals surface area contributed by atoms with E-state index in [2.05, 4.69) is 0 Å². The Morgan fingerprint density at radius 1 is 1.33 bits per heavy atom. The maximum Gasteiger partial charge on any atom is 0.303 e. The molecule has 112 valence electrons. The second kappa shape index (κ2) is 6.63. The maximum atomic E-state index is 10.9. The van der Waals surface area contributed by atoms with Crippen LogP contribution in [0.15, 0.2) is 29.6 Å². The summed E-state index contributed by atoms with van der Waals surface area (Å²) in [6.07, 6.45) is 0.0827. The van der Waals surface area contributed by atoms with Crippen LogP contribution in [0.5, 0.6) is 11.5 Å². The Labute approximate surface area is 128 Å². The van der Waals surface area contributed by atoms with E-state index in [0.717, 1.165) is 16.0 Å². The zero-order chi connectivity index (χ0) is 15.4. The van der Waals surface area contributed by atoms with Gasteiger partial charge in [0.1, 0.15) is 0 Å². The summed E-state index contributed by atoms with van der Waals surface area (Å²) in [5.41, 5.74) is 1.86. The standard InChI is InChI=1S/C16H18O4S/c1-10(7-15(17)18)11-8-12(14-5-4-6-21-14)16(20-3)13(9-11)19-2/h4-6,8-10H,7H2,1-3H3,(H,17,18). The normalized spacial score (nSPS) is 12.0. The Hall–Kier alpha value is -2.01. The van der Waals surface area contributed by atoms with Gasteiger partial charge < -0.3 is 14.6 Å². The molecule has 0 aliphatic rings. The zero-order valence-corrected chi connectivity index (χ0v) is 13.1. The lowest BCUT2D eigenvalue weighted by molar-refractivity contribution is -0.137. The molecular weight excluding hydrogens is 288 g/mol. The molecule has 0 aliphatic heterocycles. The summed E-state index contributed by atoms with van der Waals surface area (Å²) in [6.45, 7) is 1.90. The summed E-state index contributed by atoms with van der Waals surface area (Å²) in [5.74, 6) is 0.387. The average Bonchev–Trinajstić information content (AvgIpc) is 2.98. The number of benzene rings is 1. The molecule has 0 bridgehead atoms. The number of ether oxygens (including phenoxy) is 2. The molecule has 0 aliphatic carbocycles. The largest absolute Gasteiger partial charge is 0.493 e. The number of carbonyl (C=O) groups is 1. The number of hydrogen-bond acceptors (Lipinski definition) is 4. The Morgan fingerprint density at radius 2 is 2.10 bits per heavy atom. The SMILES string of the molecule is COc1cc(C(C)CC(=O)O)cc(-c2cccs2)c1OC. The summed E-state index contributed by atoms with van der Waals surface area (Å²) >= 11 is 1.61. The summed E-state index contributed by atoms with van der Waals surface area (Å²) in [4.78, 5) is 12.0. The fraction of sp³-hybridized carbons (Fsp3) is 0.312. The van der Waals surface area contributed by atoms with Crippen LogP contribution in [0, 0.1) is 0 Å². The van der Waals surface area contributed by atoms with Crippen molar-refractivity contribution in [1.29, 1.82) is 0 Å². The van der Waals surface area contributed by atoms with Crippen molar-refractivity contribution in [1.82, 2.24) is 0 Å². The summed E-state index contributed by atoms with van der Waals surface area (Å²) in [6, 6.07) is 7.82. The Kier molecular flexibility index (Phi) is 4.85. The van der Waals surface area contributed by atoms with Gasteiger partial charge in [-0.05, 0) is 35.1 Å². The van der Waals surface area contributed by atoms with Crippen molar-refractivity contribution >= 4 is 17.3 Å². The Morgan fingerprint density at radius 3 is 2.62 bits per heavy atom. The number of thiophene rings is 1. The van der Waals surface area contributed by atoms with Gasteiger partial charge in [0.05, 0.1) is 20.6 Å². The van der Waals surface area contributed by atoms with E-state index in [0.29, 0.717) is 11.5 Å². The number of aliphatic carboxylic acids is 1. The molecule has 0 spiro atoms. The third-order valence-electron chi connectivity index (χ3n) is 3.34. The van der Waals surface area contributed by atoms with E-state index in [-0.39, 0.29) is 12.3 Å². The monoisotopic (exact) mass is 306 g/mol. The number of carboxylic acids is 1. The second-order valence-corrected chi connectivity index (χ2v) is 5.73. The van der Waals surface area contributed by atoms with Gasteiger partial charge >= 0.3 is 5.97 Å². The van der Waals surface area contributed by atoms with Crippen LogP contribution in [0.2, 0.25) is 0 Å². The molecule has 1 unspecified atom stereocenters. The van der Waals surface area contributed by atoms with Crippen molar-refractivity contribution in [3.8, 4) is 21.9 Å². The molecule has 1 aromatic carbocycles. The van der Waals surface area contributed by atoms with Crippen LogP contribution in [0.3, 0.4) is 0 Å². The number of rotatable bonds is 6. The third-order valence-corrected chi connectivity index (χ3v) is 4.24. The van der Waals surface area contributed by atoms with E-state index in [1.807, 2.05) is 36.6 Å². The second-order valence-electron chi connectivity index (χ2n) is 4.78. The Bertz CT molecular complexity index is 619. The molecule has 4 nitrogen and oxygen atoms in total. The zero-order valence-electron chi connectivity index (χ0n) is 12.3. The molecule has 2 rings (SSSR count). The molecule has 0 amide bonds. The van der Waals surface area contributed by atoms with Crippen molar-refractivity contribution in [3.05, 3.63) is 35.2 Å². The van der Waals surface area contributed by atoms with E-state index in [1.165, 1.54) is 0 Å². The van der Waals surface area contributed by atoms with Gasteiger partial charge in [0.2, 0.25) is 0 Å². The molecule has 0 fully saturated rings. The van der Waals surface area contributed by atoms with Crippen LogP contribution in [0.4, 0.5) is 0 Å².